The molecule has 1 amide bonds. The van der Waals surface area contributed by atoms with E-state index in [-0.39, 0.29) is 5.91 Å². The Morgan fingerprint density at radius 3 is 2.11 bits per heavy atom. The van der Waals surface area contributed by atoms with E-state index in [0.717, 1.165) is 17.6 Å². The van der Waals surface area contributed by atoms with Crippen LogP contribution in [0, 0.1) is 0 Å². The van der Waals surface area contributed by atoms with Crippen LogP contribution in [0.1, 0.15) is 10.4 Å². The van der Waals surface area contributed by atoms with Crippen molar-refractivity contribution in [2.75, 3.05) is 21.6 Å². The lowest BCUT2D eigenvalue weighted by atomic mass is 10.1. The second kappa shape index (κ2) is 7.92. The number of anilines is 4. The number of sulfonamides is 1. The van der Waals surface area contributed by atoms with Crippen molar-refractivity contribution in [3.05, 3.63) is 84.4 Å². The average molecular weight is 381 g/mol. The van der Waals surface area contributed by atoms with Gasteiger partial charge < -0.3 is 10.6 Å². The summed E-state index contributed by atoms with van der Waals surface area (Å²) < 4.78 is 25.1. The first kappa shape index (κ1) is 18.5. The number of para-hydroxylation sites is 3. The van der Waals surface area contributed by atoms with Gasteiger partial charge in [0.2, 0.25) is 10.0 Å². The average Bonchev–Trinajstić information content (AvgIpc) is 2.63. The lowest BCUT2D eigenvalue weighted by Gasteiger charge is -2.13. The van der Waals surface area contributed by atoms with Crippen molar-refractivity contribution in [1.82, 2.24) is 0 Å². The summed E-state index contributed by atoms with van der Waals surface area (Å²) in [5.41, 5.74) is 2.95. The maximum Gasteiger partial charge on any atom is 0.255 e. The van der Waals surface area contributed by atoms with Gasteiger partial charge in [-0.1, -0.05) is 36.4 Å². The number of carbonyl (C=O) groups excluding carboxylic acids is 1. The van der Waals surface area contributed by atoms with Gasteiger partial charge >= 0.3 is 0 Å². The molecule has 0 aliphatic rings. The summed E-state index contributed by atoms with van der Waals surface area (Å²) in [7, 11) is -3.41. The minimum Gasteiger partial charge on any atom is -0.354 e. The largest absolute Gasteiger partial charge is 0.354 e. The monoisotopic (exact) mass is 381 g/mol. The van der Waals surface area contributed by atoms with Crippen LogP contribution in [-0.4, -0.2) is 20.6 Å². The molecular formula is C20H19N3O3S. The predicted molar refractivity (Wildman–Crippen MR) is 109 cm³/mol. The van der Waals surface area contributed by atoms with Gasteiger partial charge in [-0.3, -0.25) is 9.52 Å². The molecule has 27 heavy (non-hydrogen) atoms. The predicted octanol–water partition coefficient (Wildman–Crippen LogP) is 4.05. The molecule has 7 heteroatoms. The zero-order valence-corrected chi connectivity index (χ0v) is 15.5. The van der Waals surface area contributed by atoms with Gasteiger partial charge in [-0.25, -0.2) is 8.42 Å². The Balaban J connectivity index is 1.80. The SMILES string of the molecule is CS(=O)(=O)Nc1cccc(C(=O)Nc2ccccc2Nc2ccccc2)c1. The lowest BCUT2D eigenvalue weighted by molar-refractivity contribution is 0.102. The number of hydrogen-bond donors (Lipinski definition) is 3. The van der Waals surface area contributed by atoms with Crippen LogP contribution in [0.4, 0.5) is 22.7 Å². The van der Waals surface area contributed by atoms with E-state index in [0.29, 0.717) is 16.9 Å². The van der Waals surface area contributed by atoms with Crippen molar-refractivity contribution in [3.8, 4) is 0 Å². The Morgan fingerprint density at radius 1 is 0.778 bits per heavy atom. The minimum absolute atomic E-state index is 0.334. The molecule has 0 unspecified atom stereocenters. The van der Waals surface area contributed by atoms with Crippen molar-refractivity contribution in [1.29, 1.82) is 0 Å². The van der Waals surface area contributed by atoms with E-state index in [1.165, 1.54) is 6.07 Å². The van der Waals surface area contributed by atoms with Crippen LogP contribution in [0.2, 0.25) is 0 Å². The normalized spacial score (nSPS) is 10.9. The third-order valence-corrected chi connectivity index (χ3v) is 4.26. The molecule has 3 aromatic rings. The van der Waals surface area contributed by atoms with Crippen molar-refractivity contribution >= 4 is 38.7 Å². The molecule has 3 aromatic carbocycles. The Labute approximate surface area is 158 Å². The molecular weight excluding hydrogens is 362 g/mol. The Hall–Kier alpha value is -3.32. The summed E-state index contributed by atoms with van der Waals surface area (Å²) in [5, 5.41) is 6.12. The van der Waals surface area contributed by atoms with Gasteiger partial charge in [0.1, 0.15) is 0 Å². The van der Waals surface area contributed by atoms with Gasteiger partial charge in [-0.2, -0.15) is 0 Å². The van der Waals surface area contributed by atoms with Crippen LogP contribution in [0.25, 0.3) is 0 Å². The highest BCUT2D eigenvalue weighted by molar-refractivity contribution is 7.92. The quantitative estimate of drug-likeness (QED) is 0.601. The zero-order chi connectivity index (χ0) is 19.3. The van der Waals surface area contributed by atoms with Gasteiger partial charge in [0.25, 0.3) is 5.91 Å². The molecule has 6 nitrogen and oxygen atoms in total. The first-order valence-corrected chi connectivity index (χ1v) is 10.1. The van der Waals surface area contributed by atoms with E-state index < -0.39 is 10.0 Å². The molecule has 0 fully saturated rings. The van der Waals surface area contributed by atoms with Crippen LogP contribution in [-0.2, 0) is 10.0 Å². The molecule has 0 heterocycles. The molecule has 138 valence electrons. The fourth-order valence-corrected chi connectivity index (χ4v) is 3.07. The van der Waals surface area contributed by atoms with Gasteiger partial charge in [0, 0.05) is 16.9 Å². The maximum atomic E-state index is 12.6. The lowest BCUT2D eigenvalue weighted by Crippen LogP contribution is -2.14. The molecule has 0 aliphatic carbocycles. The van der Waals surface area contributed by atoms with Crippen molar-refractivity contribution in [3.63, 3.8) is 0 Å². The summed E-state index contributed by atoms with van der Waals surface area (Å²) in [5.74, 6) is -0.338. The Morgan fingerprint density at radius 2 is 1.41 bits per heavy atom. The van der Waals surface area contributed by atoms with Crippen molar-refractivity contribution in [2.45, 2.75) is 0 Å². The summed E-state index contributed by atoms with van der Waals surface area (Å²) >= 11 is 0. The summed E-state index contributed by atoms with van der Waals surface area (Å²) in [6.07, 6.45) is 1.06. The molecule has 0 saturated heterocycles. The van der Waals surface area contributed by atoms with Crippen LogP contribution in [0.15, 0.2) is 78.9 Å². The third kappa shape index (κ3) is 5.32. The highest BCUT2D eigenvalue weighted by Crippen LogP contribution is 2.26. The number of carbonyl (C=O) groups is 1. The highest BCUT2D eigenvalue weighted by atomic mass is 32.2. The minimum atomic E-state index is -3.41. The van der Waals surface area contributed by atoms with E-state index in [1.54, 1.807) is 24.3 Å². The number of rotatable bonds is 6. The zero-order valence-electron chi connectivity index (χ0n) is 14.6. The molecule has 0 atom stereocenters. The second-order valence-corrected chi connectivity index (χ2v) is 7.69. The second-order valence-electron chi connectivity index (χ2n) is 5.95. The molecule has 0 spiro atoms. The molecule has 0 saturated carbocycles. The van der Waals surface area contributed by atoms with Gasteiger partial charge in [0.15, 0.2) is 0 Å². The van der Waals surface area contributed by atoms with E-state index in [2.05, 4.69) is 15.4 Å². The molecule has 0 aromatic heterocycles. The summed E-state index contributed by atoms with van der Waals surface area (Å²) in [6.45, 7) is 0. The van der Waals surface area contributed by atoms with Crippen molar-refractivity contribution in [2.24, 2.45) is 0 Å². The molecule has 3 N–H and O–H groups in total. The molecule has 0 aliphatic heterocycles. The fraction of sp³-hybridized carbons (Fsp3) is 0.0500. The van der Waals surface area contributed by atoms with Crippen molar-refractivity contribution < 1.29 is 13.2 Å². The van der Waals surface area contributed by atoms with E-state index in [1.807, 2.05) is 48.5 Å². The van der Waals surface area contributed by atoms with Crippen LogP contribution in [0.3, 0.4) is 0 Å². The Bertz CT molecular complexity index is 1050. The maximum absolute atomic E-state index is 12.6. The topological polar surface area (TPSA) is 87.3 Å². The van der Waals surface area contributed by atoms with Crippen LogP contribution < -0.4 is 15.4 Å². The van der Waals surface area contributed by atoms with E-state index in [9.17, 15) is 13.2 Å². The van der Waals surface area contributed by atoms with E-state index >= 15 is 0 Å². The summed E-state index contributed by atoms with van der Waals surface area (Å²) in [6, 6.07) is 23.3. The highest BCUT2D eigenvalue weighted by Gasteiger charge is 2.11. The number of amides is 1. The van der Waals surface area contributed by atoms with Crippen LogP contribution in [0.5, 0.6) is 0 Å². The number of nitrogens with one attached hydrogen (secondary N) is 3. The van der Waals surface area contributed by atoms with Gasteiger partial charge in [-0.05, 0) is 42.5 Å². The van der Waals surface area contributed by atoms with Gasteiger partial charge in [0.05, 0.1) is 17.6 Å². The Kier molecular flexibility index (Phi) is 5.42. The fourth-order valence-electron chi connectivity index (χ4n) is 2.51. The van der Waals surface area contributed by atoms with E-state index in [4.69, 9.17) is 0 Å². The summed E-state index contributed by atoms with van der Waals surface area (Å²) in [4.78, 5) is 12.6. The number of benzene rings is 3. The third-order valence-electron chi connectivity index (χ3n) is 3.66. The molecule has 0 radical (unpaired) electrons. The standard InChI is InChI=1S/C20H19N3O3S/c1-27(25,26)23-17-11-7-8-15(14-17)20(24)22-19-13-6-5-12-18(19)21-16-9-3-2-4-10-16/h2-14,21,23H,1H3,(H,22,24). The first-order chi connectivity index (χ1) is 12.9. The molecule has 0 bridgehead atoms. The smallest absolute Gasteiger partial charge is 0.255 e. The van der Waals surface area contributed by atoms with Crippen LogP contribution >= 0.6 is 0 Å². The van der Waals surface area contributed by atoms with Gasteiger partial charge in [-0.15, -0.1) is 0 Å². The number of hydrogen-bond acceptors (Lipinski definition) is 4. The first-order valence-electron chi connectivity index (χ1n) is 8.21. The molecule has 3 rings (SSSR count).